The maximum absolute atomic E-state index is 12.2. The number of hydrogen-bond donors (Lipinski definition) is 2. The van der Waals surface area contributed by atoms with E-state index in [1.807, 2.05) is 49.4 Å². The summed E-state index contributed by atoms with van der Waals surface area (Å²) in [5, 5.41) is 6.04. The van der Waals surface area contributed by atoms with Crippen LogP contribution in [0.25, 0.3) is 0 Å². The molecule has 0 aliphatic carbocycles. The van der Waals surface area contributed by atoms with E-state index in [9.17, 15) is 4.79 Å². The molecule has 1 aliphatic rings. The van der Waals surface area contributed by atoms with E-state index in [1.54, 1.807) is 0 Å². The third kappa shape index (κ3) is 3.96. The third-order valence-corrected chi connectivity index (χ3v) is 3.96. The minimum absolute atomic E-state index is 0.109. The van der Waals surface area contributed by atoms with Gasteiger partial charge in [0.2, 0.25) is 5.91 Å². The minimum atomic E-state index is -0.388. The van der Waals surface area contributed by atoms with E-state index in [1.165, 1.54) is 0 Å². The number of carbonyl (C=O) groups is 1. The number of amides is 1. The second-order valence-corrected chi connectivity index (χ2v) is 6.14. The molecule has 5 nitrogen and oxygen atoms in total. The van der Waals surface area contributed by atoms with Crippen LogP contribution in [0, 0.1) is 0 Å². The smallest absolute Gasteiger partial charge is 0.246 e. The van der Waals surface area contributed by atoms with Crippen molar-refractivity contribution in [2.75, 3.05) is 23.8 Å². The van der Waals surface area contributed by atoms with Crippen molar-refractivity contribution in [1.29, 1.82) is 0 Å². The molecule has 2 aromatic carbocycles. The second kappa shape index (κ2) is 6.91. The zero-order valence-electron chi connectivity index (χ0n) is 12.6. The Bertz CT molecular complexity index is 703. The lowest BCUT2D eigenvalue weighted by Crippen LogP contribution is -2.31. The molecule has 120 valence electrons. The van der Waals surface area contributed by atoms with Crippen LogP contribution in [0.1, 0.15) is 6.92 Å². The van der Waals surface area contributed by atoms with Crippen LogP contribution in [0.2, 0.25) is 0 Å². The highest BCUT2D eigenvalue weighted by Crippen LogP contribution is 2.32. The monoisotopic (exact) mass is 376 g/mol. The molecule has 1 heterocycles. The van der Waals surface area contributed by atoms with Crippen molar-refractivity contribution in [1.82, 2.24) is 0 Å². The molecule has 2 N–H and O–H groups in total. The van der Waals surface area contributed by atoms with Gasteiger partial charge in [-0.2, -0.15) is 0 Å². The number of anilines is 2. The summed E-state index contributed by atoms with van der Waals surface area (Å²) < 4.78 is 12.0. The van der Waals surface area contributed by atoms with Crippen LogP contribution in [0.5, 0.6) is 11.5 Å². The summed E-state index contributed by atoms with van der Waals surface area (Å²) in [5.41, 5.74) is 1.57. The predicted octanol–water partition coefficient (Wildman–Crippen LogP) is 3.66. The minimum Gasteiger partial charge on any atom is -0.486 e. The molecule has 2 aromatic rings. The number of nitrogens with one attached hydrogen (secondary N) is 2. The molecule has 0 saturated heterocycles. The van der Waals surface area contributed by atoms with Crippen molar-refractivity contribution in [3.63, 3.8) is 0 Å². The Morgan fingerprint density at radius 1 is 1.04 bits per heavy atom. The summed E-state index contributed by atoms with van der Waals surface area (Å²) in [7, 11) is 0. The first-order chi connectivity index (χ1) is 11.1. The fourth-order valence-corrected chi connectivity index (χ4v) is 2.50. The Balaban J connectivity index is 1.62. The Labute approximate surface area is 143 Å². The lowest BCUT2D eigenvalue weighted by atomic mass is 10.2. The molecule has 0 spiro atoms. The third-order valence-electron chi connectivity index (χ3n) is 3.43. The number of carbonyl (C=O) groups excluding carboxylic acids is 1. The van der Waals surface area contributed by atoms with Crippen molar-refractivity contribution in [2.45, 2.75) is 13.0 Å². The van der Waals surface area contributed by atoms with Crippen molar-refractivity contribution >= 4 is 33.2 Å². The largest absolute Gasteiger partial charge is 0.486 e. The average Bonchev–Trinajstić information content (AvgIpc) is 2.56. The van der Waals surface area contributed by atoms with Crippen LogP contribution in [0.4, 0.5) is 11.4 Å². The fourth-order valence-electron chi connectivity index (χ4n) is 2.23. The Kier molecular flexibility index (Phi) is 4.71. The van der Waals surface area contributed by atoms with E-state index in [4.69, 9.17) is 9.47 Å². The van der Waals surface area contributed by atoms with E-state index in [-0.39, 0.29) is 11.9 Å². The summed E-state index contributed by atoms with van der Waals surface area (Å²) in [6.45, 7) is 2.91. The van der Waals surface area contributed by atoms with Gasteiger partial charge in [-0.3, -0.25) is 4.79 Å². The van der Waals surface area contributed by atoms with Gasteiger partial charge < -0.3 is 20.1 Å². The number of fused-ring (bicyclic) bond motifs is 1. The topological polar surface area (TPSA) is 59.6 Å². The molecule has 3 rings (SSSR count). The molecule has 0 aromatic heterocycles. The average molecular weight is 377 g/mol. The molecular formula is C17H17BrN2O3. The van der Waals surface area contributed by atoms with Crippen LogP contribution >= 0.6 is 15.9 Å². The molecule has 1 atom stereocenters. The van der Waals surface area contributed by atoms with Gasteiger partial charge in [0, 0.05) is 21.9 Å². The standard InChI is InChI=1S/C17H17BrN2O3/c1-11(17(21)20-13-4-2-12(18)3-5-13)19-14-6-7-15-16(10-14)23-9-8-22-15/h2-7,10-11,19H,8-9H2,1H3,(H,20,21)/t11-/m0/s1. The predicted molar refractivity (Wildman–Crippen MR) is 93.3 cm³/mol. The Hall–Kier alpha value is -2.21. The molecule has 0 radical (unpaired) electrons. The summed E-state index contributed by atoms with van der Waals surface area (Å²) in [5.74, 6) is 1.32. The molecule has 0 unspecified atom stereocenters. The van der Waals surface area contributed by atoms with Crippen LogP contribution in [-0.4, -0.2) is 25.2 Å². The number of rotatable bonds is 4. The highest BCUT2D eigenvalue weighted by atomic mass is 79.9. The van der Waals surface area contributed by atoms with Gasteiger partial charge in [0.1, 0.15) is 19.3 Å². The zero-order chi connectivity index (χ0) is 16.2. The highest BCUT2D eigenvalue weighted by Gasteiger charge is 2.16. The second-order valence-electron chi connectivity index (χ2n) is 5.22. The molecule has 0 saturated carbocycles. The van der Waals surface area contributed by atoms with Crippen molar-refractivity contribution < 1.29 is 14.3 Å². The number of benzene rings is 2. The SMILES string of the molecule is C[C@H](Nc1ccc2c(c1)OCCO2)C(=O)Nc1ccc(Br)cc1. The summed E-state index contributed by atoms with van der Waals surface area (Å²) >= 11 is 3.37. The van der Waals surface area contributed by atoms with Crippen molar-refractivity contribution in [2.24, 2.45) is 0 Å². The zero-order valence-corrected chi connectivity index (χ0v) is 14.2. The quantitative estimate of drug-likeness (QED) is 0.854. The normalized spacial score (nSPS) is 14.0. The molecule has 0 fully saturated rings. The summed E-state index contributed by atoms with van der Waals surface area (Å²) in [6, 6.07) is 12.6. The molecule has 1 aliphatic heterocycles. The van der Waals surface area contributed by atoms with Gasteiger partial charge in [0.05, 0.1) is 0 Å². The van der Waals surface area contributed by atoms with Gasteiger partial charge in [0.25, 0.3) is 0 Å². The van der Waals surface area contributed by atoms with Crippen LogP contribution < -0.4 is 20.1 Å². The fraction of sp³-hybridized carbons (Fsp3) is 0.235. The first kappa shape index (κ1) is 15.7. The maximum Gasteiger partial charge on any atom is 0.246 e. The van der Waals surface area contributed by atoms with Gasteiger partial charge in [-0.15, -0.1) is 0 Å². The molecule has 1 amide bonds. The lowest BCUT2D eigenvalue weighted by molar-refractivity contribution is -0.116. The maximum atomic E-state index is 12.2. The van der Waals surface area contributed by atoms with E-state index < -0.39 is 0 Å². The van der Waals surface area contributed by atoms with Gasteiger partial charge in [-0.25, -0.2) is 0 Å². The molecular weight excluding hydrogens is 360 g/mol. The molecule has 23 heavy (non-hydrogen) atoms. The molecule has 0 bridgehead atoms. The number of halogens is 1. The van der Waals surface area contributed by atoms with Gasteiger partial charge in [0.15, 0.2) is 11.5 Å². The van der Waals surface area contributed by atoms with Crippen LogP contribution in [0.15, 0.2) is 46.9 Å². The summed E-state index contributed by atoms with van der Waals surface area (Å²) in [6.07, 6.45) is 0. The molecule has 6 heteroatoms. The first-order valence-corrected chi connectivity index (χ1v) is 8.14. The van der Waals surface area contributed by atoms with Gasteiger partial charge in [-0.05, 0) is 43.3 Å². The highest BCUT2D eigenvalue weighted by molar-refractivity contribution is 9.10. The van der Waals surface area contributed by atoms with E-state index in [0.717, 1.165) is 21.6 Å². The number of hydrogen-bond acceptors (Lipinski definition) is 4. The van der Waals surface area contributed by atoms with E-state index in [0.29, 0.717) is 19.0 Å². The van der Waals surface area contributed by atoms with Crippen molar-refractivity contribution in [3.8, 4) is 11.5 Å². The van der Waals surface area contributed by atoms with Gasteiger partial charge in [-0.1, -0.05) is 15.9 Å². The van der Waals surface area contributed by atoms with Crippen LogP contribution in [0.3, 0.4) is 0 Å². The first-order valence-electron chi connectivity index (χ1n) is 7.34. The van der Waals surface area contributed by atoms with E-state index >= 15 is 0 Å². The summed E-state index contributed by atoms with van der Waals surface area (Å²) in [4.78, 5) is 12.2. The number of ether oxygens (including phenoxy) is 2. The van der Waals surface area contributed by atoms with Gasteiger partial charge >= 0.3 is 0 Å². The lowest BCUT2D eigenvalue weighted by Gasteiger charge is -2.20. The van der Waals surface area contributed by atoms with E-state index in [2.05, 4.69) is 26.6 Å². The van der Waals surface area contributed by atoms with Crippen LogP contribution in [-0.2, 0) is 4.79 Å². The Morgan fingerprint density at radius 3 is 2.43 bits per heavy atom. The Morgan fingerprint density at radius 2 is 1.70 bits per heavy atom. The van der Waals surface area contributed by atoms with Crippen molar-refractivity contribution in [3.05, 3.63) is 46.9 Å².